The van der Waals surface area contributed by atoms with Crippen molar-refractivity contribution in [1.29, 1.82) is 0 Å². The largest absolute Gasteiger partial charge is 0.490 e. The third-order valence-electron chi connectivity index (χ3n) is 3.22. The second kappa shape index (κ2) is 6.50. The Kier molecular flexibility index (Phi) is 4.46. The zero-order valence-electron chi connectivity index (χ0n) is 11.5. The highest BCUT2D eigenvalue weighted by Gasteiger charge is 2.11. The van der Waals surface area contributed by atoms with Gasteiger partial charge >= 0.3 is 0 Å². The molecule has 2 N–H and O–H groups in total. The predicted molar refractivity (Wildman–Crippen MR) is 87.5 cm³/mol. The van der Waals surface area contributed by atoms with Crippen LogP contribution < -0.4 is 15.2 Å². The Morgan fingerprint density at radius 3 is 2.71 bits per heavy atom. The number of nitrogens with two attached hydrogens (primary N) is 1. The standard InChI is InChI=1S/C16H16ClNO2S/c17-12-2-4-14(18)11(8-12)10-21-13-3-5-15-16(9-13)20-7-1-6-19-15/h2-5,8-9H,1,6-7,10,18H2. The van der Waals surface area contributed by atoms with E-state index >= 15 is 0 Å². The van der Waals surface area contributed by atoms with Crippen LogP contribution in [0.15, 0.2) is 41.3 Å². The monoisotopic (exact) mass is 321 g/mol. The molecule has 0 amide bonds. The van der Waals surface area contributed by atoms with E-state index in [0.717, 1.165) is 39.8 Å². The zero-order valence-corrected chi connectivity index (χ0v) is 13.0. The highest BCUT2D eigenvalue weighted by Crippen LogP contribution is 2.35. The van der Waals surface area contributed by atoms with Gasteiger partial charge in [0.05, 0.1) is 13.2 Å². The van der Waals surface area contributed by atoms with E-state index in [0.29, 0.717) is 18.2 Å². The summed E-state index contributed by atoms with van der Waals surface area (Å²) >= 11 is 7.71. The molecule has 0 aliphatic carbocycles. The Bertz CT molecular complexity index is 648. The maximum atomic E-state index is 6.01. The lowest BCUT2D eigenvalue weighted by molar-refractivity contribution is 0.297. The summed E-state index contributed by atoms with van der Waals surface area (Å²) < 4.78 is 11.3. The van der Waals surface area contributed by atoms with Crippen molar-refractivity contribution in [2.75, 3.05) is 18.9 Å². The lowest BCUT2D eigenvalue weighted by atomic mass is 10.2. The molecule has 0 bridgehead atoms. The number of halogens is 1. The first-order valence-electron chi connectivity index (χ1n) is 6.79. The van der Waals surface area contributed by atoms with E-state index in [-0.39, 0.29) is 0 Å². The number of ether oxygens (including phenoxy) is 2. The van der Waals surface area contributed by atoms with Gasteiger partial charge in [0.2, 0.25) is 0 Å². The van der Waals surface area contributed by atoms with Crippen LogP contribution in [0.5, 0.6) is 11.5 Å². The molecule has 1 aliphatic heterocycles. The SMILES string of the molecule is Nc1ccc(Cl)cc1CSc1ccc2c(c1)OCCCO2. The minimum absolute atomic E-state index is 0.697. The van der Waals surface area contributed by atoms with E-state index in [1.807, 2.05) is 30.3 Å². The van der Waals surface area contributed by atoms with Crippen LogP contribution in [-0.4, -0.2) is 13.2 Å². The van der Waals surface area contributed by atoms with Crippen LogP contribution in [0, 0.1) is 0 Å². The number of fused-ring (bicyclic) bond motifs is 1. The first-order valence-corrected chi connectivity index (χ1v) is 8.15. The van der Waals surface area contributed by atoms with Crippen LogP contribution in [0.1, 0.15) is 12.0 Å². The maximum Gasteiger partial charge on any atom is 0.162 e. The average molecular weight is 322 g/mol. The van der Waals surface area contributed by atoms with Crippen molar-refractivity contribution in [2.24, 2.45) is 0 Å². The zero-order chi connectivity index (χ0) is 14.7. The Morgan fingerprint density at radius 2 is 1.86 bits per heavy atom. The van der Waals surface area contributed by atoms with Crippen molar-refractivity contribution in [2.45, 2.75) is 17.1 Å². The van der Waals surface area contributed by atoms with Gasteiger partial charge < -0.3 is 15.2 Å². The molecule has 1 aliphatic rings. The van der Waals surface area contributed by atoms with Crippen LogP contribution in [-0.2, 0) is 5.75 Å². The first kappa shape index (κ1) is 14.4. The molecule has 0 radical (unpaired) electrons. The van der Waals surface area contributed by atoms with Crippen molar-refractivity contribution in [3.63, 3.8) is 0 Å². The average Bonchev–Trinajstić information content (AvgIpc) is 2.73. The van der Waals surface area contributed by atoms with Crippen molar-refractivity contribution in [3.8, 4) is 11.5 Å². The van der Waals surface area contributed by atoms with Gasteiger partial charge in [-0.1, -0.05) is 11.6 Å². The fourth-order valence-electron chi connectivity index (χ4n) is 2.09. The number of hydrogen-bond donors (Lipinski definition) is 1. The number of anilines is 1. The highest BCUT2D eigenvalue weighted by molar-refractivity contribution is 7.98. The molecule has 2 aromatic carbocycles. The van der Waals surface area contributed by atoms with Gasteiger partial charge in [0.1, 0.15) is 0 Å². The Morgan fingerprint density at radius 1 is 1.05 bits per heavy atom. The Labute approximate surface area is 133 Å². The quantitative estimate of drug-likeness (QED) is 0.673. The van der Waals surface area contributed by atoms with Crippen LogP contribution in [0.2, 0.25) is 5.02 Å². The number of benzene rings is 2. The number of rotatable bonds is 3. The fraction of sp³-hybridized carbons (Fsp3) is 0.250. The van der Waals surface area contributed by atoms with E-state index in [2.05, 4.69) is 0 Å². The molecule has 3 rings (SSSR count). The second-order valence-electron chi connectivity index (χ2n) is 4.79. The van der Waals surface area contributed by atoms with Gasteiger partial charge in [0.25, 0.3) is 0 Å². The van der Waals surface area contributed by atoms with Crippen molar-refractivity contribution in [1.82, 2.24) is 0 Å². The van der Waals surface area contributed by atoms with Crippen LogP contribution in [0.4, 0.5) is 5.69 Å². The lowest BCUT2D eigenvalue weighted by Gasteiger charge is -2.10. The smallest absolute Gasteiger partial charge is 0.162 e. The summed E-state index contributed by atoms with van der Waals surface area (Å²) in [4.78, 5) is 1.12. The van der Waals surface area contributed by atoms with Crippen LogP contribution >= 0.6 is 23.4 Å². The molecule has 0 aromatic heterocycles. The normalized spacial score (nSPS) is 13.8. The fourth-order valence-corrected chi connectivity index (χ4v) is 3.22. The summed E-state index contributed by atoms with van der Waals surface area (Å²) in [6, 6.07) is 11.6. The molecule has 1 heterocycles. The topological polar surface area (TPSA) is 44.5 Å². The van der Waals surface area contributed by atoms with Gasteiger partial charge in [-0.15, -0.1) is 11.8 Å². The van der Waals surface area contributed by atoms with Gasteiger partial charge in [-0.05, 0) is 42.0 Å². The second-order valence-corrected chi connectivity index (χ2v) is 6.28. The van der Waals surface area contributed by atoms with Gasteiger partial charge in [-0.3, -0.25) is 0 Å². The van der Waals surface area contributed by atoms with Gasteiger partial charge in [0, 0.05) is 27.8 Å². The minimum atomic E-state index is 0.697. The van der Waals surface area contributed by atoms with E-state index < -0.39 is 0 Å². The summed E-state index contributed by atoms with van der Waals surface area (Å²) in [6.45, 7) is 1.40. The molecule has 5 heteroatoms. The van der Waals surface area contributed by atoms with E-state index in [1.165, 1.54) is 0 Å². The van der Waals surface area contributed by atoms with Crippen molar-refractivity contribution < 1.29 is 9.47 Å². The molecule has 0 fully saturated rings. The summed E-state index contributed by atoms with van der Waals surface area (Å²) in [7, 11) is 0. The number of hydrogen-bond acceptors (Lipinski definition) is 4. The molecular weight excluding hydrogens is 306 g/mol. The third kappa shape index (κ3) is 3.57. The molecule has 0 atom stereocenters. The lowest BCUT2D eigenvalue weighted by Crippen LogP contribution is -1.97. The number of thioether (sulfide) groups is 1. The van der Waals surface area contributed by atoms with Gasteiger partial charge in [0.15, 0.2) is 11.5 Å². The highest BCUT2D eigenvalue weighted by atomic mass is 35.5. The summed E-state index contributed by atoms with van der Waals surface area (Å²) in [6.07, 6.45) is 0.913. The summed E-state index contributed by atoms with van der Waals surface area (Å²) in [5.41, 5.74) is 7.77. The molecule has 0 saturated heterocycles. The molecule has 0 unspecified atom stereocenters. The van der Waals surface area contributed by atoms with Gasteiger partial charge in [-0.2, -0.15) is 0 Å². The van der Waals surface area contributed by atoms with Crippen molar-refractivity contribution >= 4 is 29.1 Å². The van der Waals surface area contributed by atoms with E-state index in [1.54, 1.807) is 17.8 Å². The molecule has 0 spiro atoms. The number of nitrogen functional groups attached to an aromatic ring is 1. The Balaban J connectivity index is 1.73. The van der Waals surface area contributed by atoms with E-state index in [4.69, 9.17) is 26.8 Å². The van der Waals surface area contributed by atoms with Crippen LogP contribution in [0.25, 0.3) is 0 Å². The van der Waals surface area contributed by atoms with Crippen molar-refractivity contribution in [3.05, 3.63) is 47.0 Å². The summed E-state index contributed by atoms with van der Waals surface area (Å²) in [5.74, 6) is 2.40. The maximum absolute atomic E-state index is 6.01. The third-order valence-corrected chi connectivity index (χ3v) is 4.50. The van der Waals surface area contributed by atoms with Gasteiger partial charge in [-0.25, -0.2) is 0 Å². The molecule has 0 saturated carbocycles. The predicted octanol–water partition coefficient (Wildman–Crippen LogP) is 4.38. The molecule has 2 aromatic rings. The Hall–Kier alpha value is -1.52. The first-order chi connectivity index (χ1) is 10.2. The molecule has 21 heavy (non-hydrogen) atoms. The van der Waals surface area contributed by atoms with Crippen LogP contribution in [0.3, 0.4) is 0 Å². The molecule has 3 nitrogen and oxygen atoms in total. The van der Waals surface area contributed by atoms with E-state index in [9.17, 15) is 0 Å². The minimum Gasteiger partial charge on any atom is -0.490 e. The summed E-state index contributed by atoms with van der Waals surface area (Å²) in [5, 5.41) is 0.707. The molecular formula is C16H16ClNO2S. The molecule has 110 valence electrons.